The van der Waals surface area contributed by atoms with Crippen LogP contribution in [-0.2, 0) is 16.6 Å². The number of nitrogens with two attached hydrogens (primary N) is 1. The third-order valence-electron chi connectivity index (χ3n) is 2.87. The molecule has 5 nitrogen and oxygen atoms in total. The van der Waals surface area contributed by atoms with Crippen molar-refractivity contribution in [3.05, 3.63) is 52.5 Å². The van der Waals surface area contributed by atoms with E-state index in [2.05, 4.69) is 20.7 Å². The Kier molecular flexibility index (Phi) is 4.87. The van der Waals surface area contributed by atoms with Crippen LogP contribution in [-0.4, -0.2) is 15.5 Å². The van der Waals surface area contributed by atoms with Crippen molar-refractivity contribution in [2.45, 2.75) is 11.4 Å². The van der Waals surface area contributed by atoms with Crippen LogP contribution >= 0.6 is 15.9 Å². The Morgan fingerprint density at radius 3 is 2.43 bits per heavy atom. The van der Waals surface area contributed by atoms with Crippen molar-refractivity contribution < 1.29 is 13.2 Å². The molecule has 0 amide bonds. The molecule has 0 aromatic heterocycles. The van der Waals surface area contributed by atoms with E-state index >= 15 is 0 Å². The van der Waals surface area contributed by atoms with E-state index in [0.29, 0.717) is 10.2 Å². The zero-order valence-electron chi connectivity index (χ0n) is 11.3. The smallest absolute Gasteiger partial charge is 0.241 e. The number of sulfonamides is 1. The minimum atomic E-state index is -3.61. The normalized spacial score (nSPS) is 11.3. The van der Waals surface area contributed by atoms with Crippen molar-refractivity contribution >= 4 is 31.6 Å². The first-order chi connectivity index (χ1) is 9.92. The maximum atomic E-state index is 12.3. The predicted molar refractivity (Wildman–Crippen MR) is 85.6 cm³/mol. The summed E-state index contributed by atoms with van der Waals surface area (Å²) in [4.78, 5) is 0.158. The van der Waals surface area contributed by atoms with E-state index in [-0.39, 0.29) is 11.4 Å². The summed E-state index contributed by atoms with van der Waals surface area (Å²) >= 11 is 3.21. The van der Waals surface area contributed by atoms with Crippen LogP contribution in [0.5, 0.6) is 5.75 Å². The number of nitrogens with one attached hydrogen (secondary N) is 1. The molecule has 0 atom stereocenters. The van der Waals surface area contributed by atoms with Gasteiger partial charge in [-0.25, -0.2) is 13.1 Å². The number of ether oxygens (including phenoxy) is 1. The lowest BCUT2D eigenvalue weighted by Crippen LogP contribution is -2.23. The Morgan fingerprint density at radius 2 is 1.86 bits per heavy atom. The van der Waals surface area contributed by atoms with Crippen LogP contribution in [0, 0.1) is 0 Å². The van der Waals surface area contributed by atoms with Gasteiger partial charge in [-0.1, -0.05) is 12.1 Å². The molecule has 7 heteroatoms. The molecule has 0 radical (unpaired) electrons. The summed E-state index contributed by atoms with van der Waals surface area (Å²) in [7, 11) is -2.03. The van der Waals surface area contributed by atoms with Crippen LogP contribution in [0.15, 0.2) is 51.8 Å². The number of hydrogen-bond donors (Lipinski definition) is 2. The van der Waals surface area contributed by atoms with Gasteiger partial charge in [-0.3, -0.25) is 0 Å². The van der Waals surface area contributed by atoms with Gasteiger partial charge in [-0.15, -0.1) is 0 Å². The van der Waals surface area contributed by atoms with Crippen molar-refractivity contribution in [2.24, 2.45) is 0 Å². The molecule has 2 aromatic rings. The van der Waals surface area contributed by atoms with E-state index in [1.54, 1.807) is 43.5 Å². The summed E-state index contributed by atoms with van der Waals surface area (Å²) in [6, 6.07) is 11.7. The zero-order valence-corrected chi connectivity index (χ0v) is 13.7. The van der Waals surface area contributed by atoms with Gasteiger partial charge in [0.1, 0.15) is 5.75 Å². The van der Waals surface area contributed by atoms with E-state index in [0.717, 1.165) is 11.3 Å². The molecule has 0 aliphatic carbocycles. The average Bonchev–Trinajstić information content (AvgIpc) is 2.45. The Balaban J connectivity index is 2.13. The topological polar surface area (TPSA) is 81.4 Å². The molecule has 2 aromatic carbocycles. The minimum Gasteiger partial charge on any atom is -0.497 e. The maximum Gasteiger partial charge on any atom is 0.241 e. The Labute approximate surface area is 132 Å². The second-order valence-electron chi connectivity index (χ2n) is 4.36. The molecule has 0 bridgehead atoms. The van der Waals surface area contributed by atoms with Gasteiger partial charge in [0.15, 0.2) is 0 Å². The van der Waals surface area contributed by atoms with E-state index < -0.39 is 10.0 Å². The summed E-state index contributed by atoms with van der Waals surface area (Å²) in [5.74, 6) is 0.725. The summed E-state index contributed by atoms with van der Waals surface area (Å²) < 4.78 is 32.5. The van der Waals surface area contributed by atoms with Crippen molar-refractivity contribution in [3.63, 3.8) is 0 Å². The van der Waals surface area contributed by atoms with Crippen molar-refractivity contribution in [1.82, 2.24) is 4.72 Å². The summed E-state index contributed by atoms with van der Waals surface area (Å²) in [6.07, 6.45) is 0. The van der Waals surface area contributed by atoms with Crippen LogP contribution in [0.1, 0.15) is 5.56 Å². The fourth-order valence-corrected chi connectivity index (χ4v) is 3.85. The third-order valence-corrected chi connectivity index (χ3v) is 5.25. The average molecular weight is 371 g/mol. The Morgan fingerprint density at radius 1 is 1.19 bits per heavy atom. The van der Waals surface area contributed by atoms with Gasteiger partial charge in [0, 0.05) is 16.7 Å². The number of hydrogen-bond acceptors (Lipinski definition) is 4. The first kappa shape index (κ1) is 15.8. The van der Waals surface area contributed by atoms with Gasteiger partial charge in [0.05, 0.1) is 12.0 Å². The number of anilines is 1. The molecule has 0 fully saturated rings. The molecular formula is C14H15BrN2O3S. The number of halogens is 1. The van der Waals surface area contributed by atoms with Gasteiger partial charge in [-0.05, 0) is 51.8 Å². The quantitative estimate of drug-likeness (QED) is 0.792. The largest absolute Gasteiger partial charge is 0.497 e. The predicted octanol–water partition coefficient (Wildman–Crippen LogP) is 2.52. The van der Waals surface area contributed by atoms with Gasteiger partial charge in [-0.2, -0.15) is 0 Å². The highest BCUT2D eigenvalue weighted by Crippen LogP contribution is 2.24. The number of methoxy groups -OCH3 is 1. The number of rotatable bonds is 5. The Hall–Kier alpha value is -1.57. The third kappa shape index (κ3) is 3.96. The second kappa shape index (κ2) is 6.46. The molecule has 0 aliphatic rings. The minimum absolute atomic E-state index is 0.158. The molecule has 0 unspecified atom stereocenters. The fourth-order valence-electron chi connectivity index (χ4n) is 1.73. The van der Waals surface area contributed by atoms with E-state index in [1.165, 1.54) is 6.07 Å². The summed E-state index contributed by atoms with van der Waals surface area (Å²) in [5.41, 5.74) is 6.94. The molecular weight excluding hydrogens is 356 g/mol. The van der Waals surface area contributed by atoms with Crippen LogP contribution in [0.3, 0.4) is 0 Å². The maximum absolute atomic E-state index is 12.3. The SMILES string of the molecule is COc1ccc(CNS(=O)(=O)c2ccc(N)cc2Br)cc1. The van der Waals surface area contributed by atoms with Gasteiger partial charge >= 0.3 is 0 Å². The van der Waals surface area contributed by atoms with E-state index in [1.807, 2.05) is 0 Å². The molecule has 0 saturated heterocycles. The standard InChI is InChI=1S/C14H15BrN2O3S/c1-20-12-5-2-10(3-6-12)9-17-21(18,19)14-7-4-11(16)8-13(14)15/h2-8,17H,9,16H2,1H3. The van der Waals surface area contributed by atoms with Crippen LogP contribution in [0.2, 0.25) is 0 Å². The monoisotopic (exact) mass is 370 g/mol. The molecule has 112 valence electrons. The van der Waals surface area contributed by atoms with Crippen molar-refractivity contribution in [2.75, 3.05) is 12.8 Å². The second-order valence-corrected chi connectivity index (χ2v) is 6.95. The molecule has 0 saturated carbocycles. The molecule has 0 aliphatic heterocycles. The van der Waals surface area contributed by atoms with Crippen molar-refractivity contribution in [3.8, 4) is 5.75 Å². The zero-order chi connectivity index (χ0) is 15.5. The van der Waals surface area contributed by atoms with Crippen LogP contribution in [0.25, 0.3) is 0 Å². The highest BCUT2D eigenvalue weighted by molar-refractivity contribution is 9.10. The molecule has 21 heavy (non-hydrogen) atoms. The van der Waals surface area contributed by atoms with Gasteiger partial charge in [0.2, 0.25) is 10.0 Å². The number of benzene rings is 2. The lowest BCUT2D eigenvalue weighted by atomic mass is 10.2. The summed E-state index contributed by atoms with van der Waals surface area (Å²) in [5, 5.41) is 0. The first-order valence-corrected chi connectivity index (χ1v) is 8.37. The van der Waals surface area contributed by atoms with Gasteiger partial charge < -0.3 is 10.5 Å². The highest BCUT2D eigenvalue weighted by atomic mass is 79.9. The molecule has 0 heterocycles. The Bertz CT molecular complexity index is 730. The fraction of sp³-hybridized carbons (Fsp3) is 0.143. The van der Waals surface area contributed by atoms with Crippen molar-refractivity contribution in [1.29, 1.82) is 0 Å². The molecule has 3 N–H and O–H groups in total. The van der Waals surface area contributed by atoms with Crippen LogP contribution in [0.4, 0.5) is 5.69 Å². The van der Waals surface area contributed by atoms with E-state index in [9.17, 15) is 8.42 Å². The lowest BCUT2D eigenvalue weighted by Gasteiger charge is -2.09. The molecule has 2 rings (SSSR count). The molecule has 0 spiro atoms. The summed E-state index contributed by atoms with van der Waals surface area (Å²) in [6.45, 7) is 0.198. The van der Waals surface area contributed by atoms with E-state index in [4.69, 9.17) is 10.5 Å². The van der Waals surface area contributed by atoms with Gasteiger partial charge in [0.25, 0.3) is 0 Å². The van der Waals surface area contributed by atoms with Crippen LogP contribution < -0.4 is 15.2 Å². The highest BCUT2D eigenvalue weighted by Gasteiger charge is 2.17. The number of nitrogen functional groups attached to an aromatic ring is 1. The first-order valence-electron chi connectivity index (χ1n) is 6.10. The lowest BCUT2D eigenvalue weighted by molar-refractivity contribution is 0.414.